The highest BCUT2D eigenvalue weighted by molar-refractivity contribution is 5.79. The zero-order chi connectivity index (χ0) is 17.2. The molecule has 4 nitrogen and oxygen atoms in total. The van der Waals surface area contributed by atoms with Crippen molar-refractivity contribution in [2.45, 2.75) is 12.5 Å². The molecule has 130 valence electrons. The van der Waals surface area contributed by atoms with Gasteiger partial charge in [0.1, 0.15) is 17.1 Å². The van der Waals surface area contributed by atoms with Gasteiger partial charge in [-0.05, 0) is 42.3 Å². The molecule has 0 spiro atoms. The number of furan rings is 1. The predicted molar refractivity (Wildman–Crippen MR) is 99.8 cm³/mol. The summed E-state index contributed by atoms with van der Waals surface area (Å²) in [6.45, 7) is 3.56. The molecule has 1 aliphatic heterocycles. The minimum atomic E-state index is 0.492. The molecule has 2 N–H and O–H groups in total. The maximum absolute atomic E-state index is 6.05. The number of nitrogens with zero attached hydrogens (tertiary/aromatic N) is 1. The molecule has 1 aliphatic rings. The van der Waals surface area contributed by atoms with Gasteiger partial charge in [0.25, 0.3) is 0 Å². The largest absolute Gasteiger partial charge is 0.497 e. The molecule has 0 bridgehead atoms. The van der Waals surface area contributed by atoms with Crippen LogP contribution in [0.3, 0.4) is 0 Å². The fourth-order valence-corrected chi connectivity index (χ4v) is 3.91. The van der Waals surface area contributed by atoms with Crippen molar-refractivity contribution in [3.8, 4) is 5.75 Å². The lowest BCUT2D eigenvalue weighted by Crippen LogP contribution is -2.23. The van der Waals surface area contributed by atoms with Gasteiger partial charge in [-0.2, -0.15) is 0 Å². The van der Waals surface area contributed by atoms with Crippen molar-refractivity contribution in [2.24, 2.45) is 11.7 Å². The smallest absolute Gasteiger partial charge is 0.134 e. The molecule has 2 aromatic carbocycles. The molecule has 1 saturated heterocycles. The molecular weight excluding hydrogens is 312 g/mol. The van der Waals surface area contributed by atoms with Crippen molar-refractivity contribution in [1.29, 1.82) is 0 Å². The van der Waals surface area contributed by atoms with Crippen molar-refractivity contribution >= 4 is 11.0 Å². The molecule has 0 saturated carbocycles. The van der Waals surface area contributed by atoms with Crippen LogP contribution in [0.2, 0.25) is 0 Å². The Morgan fingerprint density at radius 1 is 1.12 bits per heavy atom. The molecule has 0 amide bonds. The van der Waals surface area contributed by atoms with Crippen LogP contribution in [-0.2, 0) is 6.54 Å². The van der Waals surface area contributed by atoms with Crippen LogP contribution in [-0.4, -0.2) is 31.6 Å². The number of hydrogen-bond donors (Lipinski definition) is 1. The van der Waals surface area contributed by atoms with Crippen LogP contribution >= 0.6 is 0 Å². The van der Waals surface area contributed by atoms with E-state index >= 15 is 0 Å². The molecule has 2 atom stereocenters. The molecule has 4 rings (SSSR count). The van der Waals surface area contributed by atoms with Gasteiger partial charge >= 0.3 is 0 Å². The maximum Gasteiger partial charge on any atom is 0.134 e. The average Bonchev–Trinajstić information content (AvgIpc) is 3.25. The SMILES string of the molecule is COc1ccc2oc(CN3C[C@@H](CN)[C@H](c4ccccc4)C3)cc2c1. The van der Waals surface area contributed by atoms with Crippen LogP contribution in [0.1, 0.15) is 17.2 Å². The summed E-state index contributed by atoms with van der Waals surface area (Å²) < 4.78 is 11.3. The Bertz CT molecular complexity index is 843. The summed E-state index contributed by atoms with van der Waals surface area (Å²) in [6.07, 6.45) is 0. The number of benzene rings is 2. The van der Waals surface area contributed by atoms with Crippen molar-refractivity contribution in [3.63, 3.8) is 0 Å². The molecular formula is C21H24N2O2. The summed E-state index contributed by atoms with van der Waals surface area (Å²) in [5.74, 6) is 2.84. The Morgan fingerprint density at radius 2 is 1.96 bits per heavy atom. The second-order valence-corrected chi connectivity index (χ2v) is 6.82. The van der Waals surface area contributed by atoms with Gasteiger partial charge in [0, 0.05) is 24.4 Å². The number of likely N-dealkylation sites (tertiary alicyclic amines) is 1. The lowest BCUT2D eigenvalue weighted by molar-refractivity contribution is 0.290. The van der Waals surface area contributed by atoms with Gasteiger partial charge in [-0.3, -0.25) is 4.90 Å². The Kier molecular flexibility index (Phi) is 4.47. The summed E-state index contributed by atoms with van der Waals surface area (Å²) in [7, 11) is 1.68. The highest BCUT2D eigenvalue weighted by atomic mass is 16.5. The monoisotopic (exact) mass is 336 g/mol. The van der Waals surface area contributed by atoms with Crippen molar-refractivity contribution in [2.75, 3.05) is 26.7 Å². The summed E-state index contributed by atoms with van der Waals surface area (Å²) in [4.78, 5) is 2.45. The molecule has 2 heterocycles. The predicted octanol–water partition coefficient (Wildman–Crippen LogP) is 3.62. The van der Waals surface area contributed by atoms with E-state index in [1.165, 1.54) is 5.56 Å². The Hall–Kier alpha value is -2.30. The normalized spacial score (nSPS) is 21.0. The number of nitrogens with two attached hydrogens (primary N) is 1. The standard InChI is InChI=1S/C21H24N2O2/c1-24-18-7-8-21-16(9-18)10-19(25-21)13-23-12-17(11-22)20(14-23)15-5-3-2-4-6-15/h2-10,17,20H,11-14,22H2,1H3/t17-,20+/m1/s1. The van der Waals surface area contributed by atoms with E-state index in [1.807, 2.05) is 18.2 Å². The Morgan fingerprint density at radius 3 is 2.72 bits per heavy atom. The average molecular weight is 336 g/mol. The second-order valence-electron chi connectivity index (χ2n) is 6.82. The highest BCUT2D eigenvalue weighted by Crippen LogP contribution is 2.33. The van der Waals surface area contributed by atoms with E-state index in [2.05, 4.69) is 41.3 Å². The van der Waals surface area contributed by atoms with Crippen molar-refractivity contribution < 1.29 is 9.15 Å². The third-order valence-electron chi connectivity index (χ3n) is 5.20. The van der Waals surface area contributed by atoms with Gasteiger partial charge in [0.15, 0.2) is 0 Å². The molecule has 3 aromatic rings. The van der Waals surface area contributed by atoms with Gasteiger partial charge in [-0.1, -0.05) is 30.3 Å². The van der Waals surface area contributed by atoms with Crippen molar-refractivity contribution in [3.05, 3.63) is 65.9 Å². The highest BCUT2D eigenvalue weighted by Gasteiger charge is 2.33. The first-order chi connectivity index (χ1) is 12.3. The van der Waals surface area contributed by atoms with E-state index in [0.29, 0.717) is 18.4 Å². The van der Waals surface area contributed by atoms with E-state index in [9.17, 15) is 0 Å². The van der Waals surface area contributed by atoms with Crippen LogP contribution in [0.4, 0.5) is 0 Å². The molecule has 1 aromatic heterocycles. The van der Waals surface area contributed by atoms with Gasteiger partial charge in [0.2, 0.25) is 0 Å². The first-order valence-corrected chi connectivity index (χ1v) is 8.80. The third-order valence-corrected chi connectivity index (χ3v) is 5.20. The third kappa shape index (κ3) is 3.28. The van der Waals surface area contributed by atoms with Crippen LogP contribution in [0.25, 0.3) is 11.0 Å². The number of fused-ring (bicyclic) bond motifs is 1. The Balaban J connectivity index is 1.51. The van der Waals surface area contributed by atoms with Gasteiger partial charge in [0.05, 0.1) is 13.7 Å². The van der Waals surface area contributed by atoms with E-state index in [4.69, 9.17) is 14.9 Å². The van der Waals surface area contributed by atoms with Gasteiger partial charge in [-0.25, -0.2) is 0 Å². The molecule has 0 unspecified atom stereocenters. The molecule has 4 heteroatoms. The second kappa shape index (κ2) is 6.90. The summed E-state index contributed by atoms with van der Waals surface area (Å²) in [5, 5.41) is 1.09. The van der Waals surface area contributed by atoms with Crippen LogP contribution in [0.5, 0.6) is 5.75 Å². The first kappa shape index (κ1) is 16.2. The number of methoxy groups -OCH3 is 1. The number of hydrogen-bond acceptors (Lipinski definition) is 4. The fraction of sp³-hybridized carbons (Fsp3) is 0.333. The van der Waals surface area contributed by atoms with Crippen molar-refractivity contribution in [1.82, 2.24) is 4.90 Å². The van der Waals surface area contributed by atoms with E-state index < -0.39 is 0 Å². The molecule has 25 heavy (non-hydrogen) atoms. The minimum Gasteiger partial charge on any atom is -0.497 e. The quantitative estimate of drug-likeness (QED) is 0.773. The zero-order valence-electron chi connectivity index (χ0n) is 14.5. The van der Waals surface area contributed by atoms with Crippen LogP contribution in [0, 0.1) is 5.92 Å². The van der Waals surface area contributed by atoms with E-state index in [1.54, 1.807) is 7.11 Å². The van der Waals surface area contributed by atoms with Gasteiger partial charge in [-0.15, -0.1) is 0 Å². The van der Waals surface area contributed by atoms with E-state index in [0.717, 1.165) is 42.1 Å². The maximum atomic E-state index is 6.05. The first-order valence-electron chi connectivity index (χ1n) is 8.80. The zero-order valence-corrected chi connectivity index (χ0v) is 14.5. The molecule has 0 aliphatic carbocycles. The Labute approximate surface area is 148 Å². The number of rotatable bonds is 5. The topological polar surface area (TPSA) is 51.6 Å². The molecule has 1 fully saturated rings. The summed E-state index contributed by atoms with van der Waals surface area (Å²) >= 11 is 0. The van der Waals surface area contributed by atoms with Crippen LogP contribution < -0.4 is 10.5 Å². The summed E-state index contributed by atoms with van der Waals surface area (Å²) in [5.41, 5.74) is 8.34. The fourth-order valence-electron chi connectivity index (χ4n) is 3.91. The van der Waals surface area contributed by atoms with E-state index in [-0.39, 0.29) is 0 Å². The lowest BCUT2D eigenvalue weighted by Gasteiger charge is -2.16. The van der Waals surface area contributed by atoms with Crippen LogP contribution in [0.15, 0.2) is 59.0 Å². The lowest BCUT2D eigenvalue weighted by atomic mass is 9.89. The minimum absolute atomic E-state index is 0.492. The molecule has 0 radical (unpaired) electrons. The summed E-state index contributed by atoms with van der Waals surface area (Å²) in [6, 6.07) is 18.7. The van der Waals surface area contributed by atoms with Gasteiger partial charge < -0.3 is 14.9 Å². The number of ether oxygens (including phenoxy) is 1.